The van der Waals surface area contributed by atoms with Crippen LogP contribution in [0.5, 0.6) is 5.75 Å². The first-order chi connectivity index (χ1) is 9.59. The van der Waals surface area contributed by atoms with Gasteiger partial charge in [0.2, 0.25) is 0 Å². The highest BCUT2D eigenvalue weighted by Gasteiger charge is 2.41. The van der Waals surface area contributed by atoms with Gasteiger partial charge in [-0.25, -0.2) is 0 Å². The Hall–Kier alpha value is -0.730. The summed E-state index contributed by atoms with van der Waals surface area (Å²) in [7, 11) is 0. The van der Waals surface area contributed by atoms with Gasteiger partial charge in [0.15, 0.2) is 0 Å². The minimum atomic E-state index is -0.0343. The SMILES string of the molecule is CCCNC1CC(C)(CC2CC2)Oc2ccc(Cl)cc21. The molecule has 1 heterocycles. The molecule has 0 amide bonds. The second-order valence-electron chi connectivity index (χ2n) is 6.59. The lowest BCUT2D eigenvalue weighted by atomic mass is 9.85. The maximum Gasteiger partial charge on any atom is 0.125 e. The predicted octanol–water partition coefficient (Wildman–Crippen LogP) is 4.72. The normalized spacial score (nSPS) is 28.9. The molecule has 1 aromatic carbocycles. The molecule has 20 heavy (non-hydrogen) atoms. The van der Waals surface area contributed by atoms with Crippen molar-refractivity contribution >= 4 is 11.6 Å². The number of halogens is 1. The van der Waals surface area contributed by atoms with Gasteiger partial charge in [-0.15, -0.1) is 0 Å². The molecule has 1 aliphatic heterocycles. The Bertz CT molecular complexity index is 486. The van der Waals surface area contributed by atoms with E-state index in [1.807, 2.05) is 12.1 Å². The van der Waals surface area contributed by atoms with Gasteiger partial charge >= 0.3 is 0 Å². The van der Waals surface area contributed by atoms with Gasteiger partial charge in [0, 0.05) is 23.0 Å². The summed E-state index contributed by atoms with van der Waals surface area (Å²) in [4.78, 5) is 0. The second-order valence-corrected chi connectivity index (χ2v) is 7.03. The molecule has 1 saturated carbocycles. The van der Waals surface area contributed by atoms with Gasteiger partial charge in [-0.3, -0.25) is 0 Å². The van der Waals surface area contributed by atoms with Gasteiger partial charge in [-0.1, -0.05) is 31.4 Å². The monoisotopic (exact) mass is 293 g/mol. The molecule has 0 spiro atoms. The van der Waals surface area contributed by atoms with Crippen LogP contribution in [-0.4, -0.2) is 12.1 Å². The number of fused-ring (bicyclic) bond motifs is 1. The molecule has 2 nitrogen and oxygen atoms in total. The Morgan fingerprint density at radius 2 is 2.20 bits per heavy atom. The summed E-state index contributed by atoms with van der Waals surface area (Å²) in [5.74, 6) is 1.89. The van der Waals surface area contributed by atoms with E-state index in [-0.39, 0.29) is 5.60 Å². The van der Waals surface area contributed by atoms with Gasteiger partial charge < -0.3 is 10.1 Å². The molecule has 0 radical (unpaired) electrons. The Morgan fingerprint density at radius 3 is 2.90 bits per heavy atom. The third-order valence-corrected chi connectivity index (χ3v) is 4.63. The zero-order chi connectivity index (χ0) is 14.2. The average Bonchev–Trinajstić information content (AvgIpc) is 3.20. The Kier molecular flexibility index (Phi) is 3.96. The topological polar surface area (TPSA) is 21.3 Å². The highest BCUT2D eigenvalue weighted by Crippen LogP contribution is 2.46. The van der Waals surface area contributed by atoms with Crippen molar-refractivity contribution in [2.45, 2.75) is 57.6 Å². The van der Waals surface area contributed by atoms with E-state index in [0.29, 0.717) is 6.04 Å². The molecule has 3 rings (SSSR count). The highest BCUT2D eigenvalue weighted by atomic mass is 35.5. The van der Waals surface area contributed by atoms with Crippen LogP contribution >= 0.6 is 11.6 Å². The molecule has 3 heteroatoms. The zero-order valence-electron chi connectivity index (χ0n) is 12.4. The van der Waals surface area contributed by atoms with E-state index in [0.717, 1.165) is 36.1 Å². The molecule has 0 saturated heterocycles. The third-order valence-electron chi connectivity index (χ3n) is 4.40. The smallest absolute Gasteiger partial charge is 0.125 e. The van der Waals surface area contributed by atoms with E-state index in [1.54, 1.807) is 0 Å². The van der Waals surface area contributed by atoms with Crippen LogP contribution in [0.25, 0.3) is 0 Å². The summed E-state index contributed by atoms with van der Waals surface area (Å²) in [5.41, 5.74) is 1.19. The quantitative estimate of drug-likeness (QED) is 0.848. The molecule has 2 aliphatic rings. The minimum Gasteiger partial charge on any atom is -0.487 e. The summed E-state index contributed by atoms with van der Waals surface area (Å²) in [6.07, 6.45) is 6.11. The zero-order valence-corrected chi connectivity index (χ0v) is 13.2. The van der Waals surface area contributed by atoms with Crippen molar-refractivity contribution in [1.82, 2.24) is 5.32 Å². The molecule has 2 unspecified atom stereocenters. The summed E-state index contributed by atoms with van der Waals surface area (Å²) in [6.45, 7) is 5.51. The van der Waals surface area contributed by atoms with E-state index < -0.39 is 0 Å². The van der Waals surface area contributed by atoms with Crippen LogP contribution in [-0.2, 0) is 0 Å². The van der Waals surface area contributed by atoms with Crippen LogP contribution in [0.4, 0.5) is 0 Å². The van der Waals surface area contributed by atoms with Crippen LogP contribution in [0.15, 0.2) is 18.2 Å². The third kappa shape index (κ3) is 3.12. The minimum absolute atomic E-state index is 0.0343. The van der Waals surface area contributed by atoms with Crippen LogP contribution in [0.1, 0.15) is 57.6 Å². The molecule has 1 N–H and O–H groups in total. The Morgan fingerprint density at radius 1 is 1.40 bits per heavy atom. The van der Waals surface area contributed by atoms with Gasteiger partial charge in [-0.2, -0.15) is 0 Å². The fourth-order valence-electron chi connectivity index (χ4n) is 3.29. The maximum absolute atomic E-state index is 6.34. The van der Waals surface area contributed by atoms with Crippen molar-refractivity contribution < 1.29 is 4.74 Å². The fourth-order valence-corrected chi connectivity index (χ4v) is 3.47. The van der Waals surface area contributed by atoms with Crippen molar-refractivity contribution in [1.29, 1.82) is 0 Å². The average molecular weight is 294 g/mol. The molecule has 0 aromatic heterocycles. The van der Waals surface area contributed by atoms with E-state index in [9.17, 15) is 0 Å². The molecule has 110 valence electrons. The predicted molar refractivity (Wildman–Crippen MR) is 83.5 cm³/mol. The van der Waals surface area contributed by atoms with Gasteiger partial charge in [0.25, 0.3) is 0 Å². The standard InChI is InChI=1S/C17H24ClNO/c1-3-8-19-15-11-17(2,10-12-4-5-12)20-16-7-6-13(18)9-14(15)16/h6-7,9,12,15,19H,3-5,8,10-11H2,1-2H3. The molecule has 2 atom stereocenters. The number of rotatable bonds is 5. The van der Waals surface area contributed by atoms with Crippen molar-refractivity contribution in [3.05, 3.63) is 28.8 Å². The molecule has 1 fully saturated rings. The summed E-state index contributed by atoms with van der Waals surface area (Å²) < 4.78 is 6.34. The van der Waals surface area contributed by atoms with Crippen LogP contribution in [0, 0.1) is 5.92 Å². The molecule has 0 bridgehead atoms. The largest absolute Gasteiger partial charge is 0.487 e. The van der Waals surface area contributed by atoms with Gasteiger partial charge in [0.05, 0.1) is 0 Å². The van der Waals surface area contributed by atoms with Crippen LogP contribution in [0.2, 0.25) is 5.02 Å². The molecular weight excluding hydrogens is 270 g/mol. The maximum atomic E-state index is 6.34. The van der Waals surface area contributed by atoms with Gasteiger partial charge in [0.1, 0.15) is 11.4 Å². The van der Waals surface area contributed by atoms with Crippen molar-refractivity contribution in [2.24, 2.45) is 5.92 Å². The lowest BCUT2D eigenvalue weighted by Gasteiger charge is -2.40. The fraction of sp³-hybridized carbons (Fsp3) is 0.647. The first kappa shape index (κ1) is 14.2. The molecular formula is C17H24ClNO. The van der Waals surface area contributed by atoms with E-state index in [2.05, 4.69) is 25.2 Å². The summed E-state index contributed by atoms with van der Waals surface area (Å²) in [5, 5.41) is 4.46. The number of benzene rings is 1. The first-order valence-corrected chi connectivity index (χ1v) is 8.19. The number of ether oxygens (including phenoxy) is 1. The van der Waals surface area contributed by atoms with E-state index >= 15 is 0 Å². The van der Waals surface area contributed by atoms with Gasteiger partial charge in [-0.05, 0) is 50.4 Å². The summed E-state index contributed by atoms with van der Waals surface area (Å²) >= 11 is 6.16. The van der Waals surface area contributed by atoms with Crippen LogP contribution in [0.3, 0.4) is 0 Å². The molecule has 1 aromatic rings. The number of hydrogen-bond acceptors (Lipinski definition) is 2. The van der Waals surface area contributed by atoms with Crippen molar-refractivity contribution in [3.8, 4) is 5.75 Å². The van der Waals surface area contributed by atoms with Crippen molar-refractivity contribution in [3.63, 3.8) is 0 Å². The number of nitrogens with one attached hydrogen (secondary N) is 1. The van der Waals surface area contributed by atoms with Crippen LogP contribution < -0.4 is 10.1 Å². The van der Waals surface area contributed by atoms with Crippen molar-refractivity contribution in [2.75, 3.05) is 6.54 Å². The lowest BCUT2D eigenvalue weighted by Crippen LogP contribution is -2.42. The highest BCUT2D eigenvalue weighted by molar-refractivity contribution is 6.30. The molecule has 1 aliphatic carbocycles. The van der Waals surface area contributed by atoms with E-state index in [4.69, 9.17) is 16.3 Å². The second kappa shape index (κ2) is 5.57. The lowest BCUT2D eigenvalue weighted by molar-refractivity contribution is 0.0346. The first-order valence-electron chi connectivity index (χ1n) is 7.81. The Balaban J connectivity index is 1.85. The Labute approximate surface area is 126 Å². The number of hydrogen-bond donors (Lipinski definition) is 1. The van der Waals surface area contributed by atoms with E-state index in [1.165, 1.54) is 24.8 Å². The summed E-state index contributed by atoms with van der Waals surface area (Å²) in [6, 6.07) is 6.38.